The maximum absolute atomic E-state index is 12.9. The van der Waals surface area contributed by atoms with Gasteiger partial charge in [-0.25, -0.2) is 9.07 Å². The Bertz CT molecular complexity index is 642. The molecule has 2 aromatic heterocycles. The molecule has 8 nitrogen and oxygen atoms in total. The molecule has 2 rings (SSSR count). The standard InChI is InChI=1S/C11H10FN5O3/c12-8-1-7(2-13-3-8)11(20)14-4-9-5-17(16-15-9)6-10(18)19/h1-3,5H,4,6H2,(H,14,20)(H,18,19). The first kappa shape index (κ1) is 13.6. The Morgan fingerprint density at radius 1 is 1.40 bits per heavy atom. The number of carbonyl (C=O) groups is 2. The summed E-state index contributed by atoms with van der Waals surface area (Å²) >= 11 is 0. The van der Waals surface area contributed by atoms with E-state index in [0.29, 0.717) is 5.69 Å². The van der Waals surface area contributed by atoms with Crippen molar-refractivity contribution in [2.24, 2.45) is 0 Å². The molecule has 0 aliphatic carbocycles. The van der Waals surface area contributed by atoms with Crippen molar-refractivity contribution < 1.29 is 19.1 Å². The number of nitrogens with zero attached hydrogens (tertiary/aromatic N) is 4. The molecule has 0 saturated carbocycles. The summed E-state index contributed by atoms with van der Waals surface area (Å²) in [6.07, 6.45) is 3.63. The van der Waals surface area contributed by atoms with Gasteiger partial charge in [0.15, 0.2) is 0 Å². The summed E-state index contributed by atoms with van der Waals surface area (Å²) in [5, 5.41) is 18.3. The van der Waals surface area contributed by atoms with E-state index in [2.05, 4.69) is 20.6 Å². The zero-order chi connectivity index (χ0) is 14.5. The summed E-state index contributed by atoms with van der Waals surface area (Å²) in [7, 11) is 0. The van der Waals surface area contributed by atoms with Gasteiger partial charge in [-0.05, 0) is 6.07 Å². The smallest absolute Gasteiger partial charge is 0.325 e. The molecule has 0 spiro atoms. The fourth-order valence-electron chi connectivity index (χ4n) is 1.44. The number of carboxylic acid groups (broad SMARTS) is 1. The Labute approximate surface area is 112 Å². The van der Waals surface area contributed by atoms with Gasteiger partial charge in [-0.15, -0.1) is 5.10 Å². The lowest BCUT2D eigenvalue weighted by Gasteiger charge is -2.02. The van der Waals surface area contributed by atoms with Gasteiger partial charge in [0.05, 0.1) is 24.5 Å². The molecule has 0 aliphatic rings. The van der Waals surface area contributed by atoms with Gasteiger partial charge in [0.1, 0.15) is 18.1 Å². The number of hydrogen-bond donors (Lipinski definition) is 2. The van der Waals surface area contributed by atoms with Crippen LogP contribution in [0.2, 0.25) is 0 Å². The van der Waals surface area contributed by atoms with E-state index in [-0.39, 0.29) is 18.7 Å². The molecule has 0 bridgehead atoms. The predicted octanol–water partition coefficient (Wildman–Crippen LogP) is -0.173. The average molecular weight is 279 g/mol. The number of pyridine rings is 1. The van der Waals surface area contributed by atoms with E-state index in [1.54, 1.807) is 0 Å². The average Bonchev–Trinajstić information content (AvgIpc) is 2.82. The topological polar surface area (TPSA) is 110 Å². The van der Waals surface area contributed by atoms with Crippen molar-refractivity contribution >= 4 is 11.9 Å². The van der Waals surface area contributed by atoms with Crippen LogP contribution in [0.3, 0.4) is 0 Å². The lowest BCUT2D eigenvalue weighted by Crippen LogP contribution is -2.23. The van der Waals surface area contributed by atoms with Crippen LogP contribution in [0.15, 0.2) is 24.7 Å². The van der Waals surface area contributed by atoms with E-state index in [1.165, 1.54) is 12.4 Å². The summed E-state index contributed by atoms with van der Waals surface area (Å²) in [4.78, 5) is 25.7. The highest BCUT2D eigenvalue weighted by atomic mass is 19.1. The van der Waals surface area contributed by atoms with Crippen LogP contribution >= 0.6 is 0 Å². The Hall–Kier alpha value is -2.84. The van der Waals surface area contributed by atoms with Crippen molar-refractivity contribution in [1.82, 2.24) is 25.3 Å². The molecular weight excluding hydrogens is 269 g/mol. The van der Waals surface area contributed by atoms with Gasteiger partial charge in [0.2, 0.25) is 0 Å². The third-order valence-electron chi connectivity index (χ3n) is 2.28. The van der Waals surface area contributed by atoms with Gasteiger partial charge in [0.25, 0.3) is 5.91 Å². The molecule has 0 aromatic carbocycles. The van der Waals surface area contributed by atoms with Gasteiger partial charge in [-0.1, -0.05) is 5.21 Å². The highest BCUT2D eigenvalue weighted by Crippen LogP contribution is 2.01. The number of amides is 1. The summed E-state index contributed by atoms with van der Waals surface area (Å²) in [6.45, 7) is -0.260. The molecule has 0 radical (unpaired) electrons. The molecule has 2 aromatic rings. The SMILES string of the molecule is O=C(O)Cn1cc(CNC(=O)c2cncc(F)c2)nn1. The second kappa shape index (κ2) is 5.87. The van der Waals surface area contributed by atoms with Crippen LogP contribution in [0.25, 0.3) is 0 Å². The normalized spacial score (nSPS) is 10.2. The highest BCUT2D eigenvalue weighted by molar-refractivity contribution is 5.93. The van der Waals surface area contributed by atoms with Crippen LogP contribution in [0, 0.1) is 5.82 Å². The first-order chi connectivity index (χ1) is 9.54. The molecule has 0 aliphatic heterocycles. The lowest BCUT2D eigenvalue weighted by molar-refractivity contribution is -0.137. The Balaban J connectivity index is 1.93. The number of aromatic nitrogens is 4. The second-order valence-corrected chi connectivity index (χ2v) is 3.88. The summed E-state index contributed by atoms with van der Waals surface area (Å²) in [5.74, 6) is -2.16. The lowest BCUT2D eigenvalue weighted by atomic mass is 10.2. The predicted molar refractivity (Wildman–Crippen MR) is 63.0 cm³/mol. The van der Waals surface area contributed by atoms with E-state index in [1.807, 2.05) is 0 Å². The Morgan fingerprint density at radius 2 is 2.20 bits per heavy atom. The van der Waals surface area contributed by atoms with Crippen molar-refractivity contribution in [2.75, 3.05) is 0 Å². The second-order valence-electron chi connectivity index (χ2n) is 3.88. The van der Waals surface area contributed by atoms with Crippen LogP contribution in [0.5, 0.6) is 0 Å². The molecule has 0 fully saturated rings. The minimum atomic E-state index is -1.05. The molecule has 0 unspecified atom stereocenters. The van der Waals surface area contributed by atoms with Crippen LogP contribution in [0.1, 0.15) is 16.1 Å². The number of carboxylic acids is 1. The minimum absolute atomic E-state index is 0.0506. The van der Waals surface area contributed by atoms with Crippen LogP contribution in [0.4, 0.5) is 4.39 Å². The van der Waals surface area contributed by atoms with Gasteiger partial charge in [-0.2, -0.15) is 0 Å². The Morgan fingerprint density at radius 3 is 2.90 bits per heavy atom. The third kappa shape index (κ3) is 3.57. The number of rotatable bonds is 5. The number of aliphatic carboxylic acids is 1. The van der Waals surface area contributed by atoms with Crippen molar-refractivity contribution in [1.29, 1.82) is 0 Å². The number of hydrogen-bond acceptors (Lipinski definition) is 5. The first-order valence-electron chi connectivity index (χ1n) is 5.54. The van der Waals surface area contributed by atoms with Crippen molar-refractivity contribution in [3.8, 4) is 0 Å². The molecule has 0 atom stereocenters. The van der Waals surface area contributed by atoms with Gasteiger partial charge in [-0.3, -0.25) is 14.6 Å². The fraction of sp³-hybridized carbons (Fsp3) is 0.182. The molecule has 1 amide bonds. The Kier molecular flexibility index (Phi) is 3.99. The van der Waals surface area contributed by atoms with Gasteiger partial charge in [0, 0.05) is 6.20 Å². The number of halogens is 1. The van der Waals surface area contributed by atoms with Crippen LogP contribution in [-0.2, 0) is 17.9 Å². The van der Waals surface area contributed by atoms with Gasteiger partial charge < -0.3 is 10.4 Å². The summed E-state index contributed by atoms with van der Waals surface area (Å²) in [5.41, 5.74) is 0.479. The molecule has 2 heterocycles. The van der Waals surface area contributed by atoms with E-state index in [0.717, 1.165) is 16.9 Å². The monoisotopic (exact) mass is 279 g/mol. The molecule has 2 N–H and O–H groups in total. The number of nitrogens with one attached hydrogen (secondary N) is 1. The van der Waals surface area contributed by atoms with Crippen molar-refractivity contribution in [3.63, 3.8) is 0 Å². The maximum atomic E-state index is 12.9. The molecule has 9 heteroatoms. The van der Waals surface area contributed by atoms with E-state index >= 15 is 0 Å². The largest absolute Gasteiger partial charge is 0.480 e. The van der Waals surface area contributed by atoms with Crippen molar-refractivity contribution in [3.05, 3.63) is 41.7 Å². The van der Waals surface area contributed by atoms with Crippen molar-refractivity contribution in [2.45, 2.75) is 13.1 Å². The highest BCUT2D eigenvalue weighted by Gasteiger charge is 2.09. The quantitative estimate of drug-likeness (QED) is 0.786. The summed E-state index contributed by atoms with van der Waals surface area (Å²) in [6, 6.07) is 1.06. The van der Waals surface area contributed by atoms with Crippen LogP contribution in [-0.4, -0.2) is 37.0 Å². The molecule has 0 saturated heterocycles. The minimum Gasteiger partial charge on any atom is -0.480 e. The molecule has 20 heavy (non-hydrogen) atoms. The third-order valence-corrected chi connectivity index (χ3v) is 2.28. The maximum Gasteiger partial charge on any atom is 0.325 e. The van der Waals surface area contributed by atoms with Gasteiger partial charge >= 0.3 is 5.97 Å². The zero-order valence-corrected chi connectivity index (χ0v) is 10.2. The molecule has 104 valence electrons. The van der Waals surface area contributed by atoms with E-state index < -0.39 is 17.7 Å². The van der Waals surface area contributed by atoms with E-state index in [9.17, 15) is 14.0 Å². The van der Waals surface area contributed by atoms with E-state index in [4.69, 9.17) is 5.11 Å². The zero-order valence-electron chi connectivity index (χ0n) is 10.2. The first-order valence-corrected chi connectivity index (χ1v) is 5.54. The van der Waals surface area contributed by atoms with Crippen LogP contribution < -0.4 is 5.32 Å². The molecular formula is C11H10FN5O3. The number of carbonyl (C=O) groups excluding carboxylic acids is 1. The summed E-state index contributed by atoms with van der Waals surface area (Å²) < 4.78 is 14.0. The fourth-order valence-corrected chi connectivity index (χ4v) is 1.44.